The highest BCUT2D eigenvalue weighted by Crippen LogP contribution is 2.31. The van der Waals surface area contributed by atoms with E-state index in [2.05, 4.69) is 22.3 Å². The van der Waals surface area contributed by atoms with Gasteiger partial charge in [0.05, 0.1) is 17.6 Å². The maximum atomic E-state index is 11.7. The molecule has 32 heavy (non-hydrogen) atoms. The lowest BCUT2D eigenvalue weighted by Gasteiger charge is -2.17. The summed E-state index contributed by atoms with van der Waals surface area (Å²) in [7, 11) is 1.72. The third-order valence-electron chi connectivity index (χ3n) is 6.06. The van der Waals surface area contributed by atoms with Gasteiger partial charge in [0.25, 0.3) is 0 Å². The number of nitrogens with two attached hydrogens (primary N) is 1. The van der Waals surface area contributed by atoms with Crippen molar-refractivity contribution in [3.63, 3.8) is 0 Å². The summed E-state index contributed by atoms with van der Waals surface area (Å²) in [5.74, 6) is 1.19. The van der Waals surface area contributed by atoms with E-state index in [0.717, 1.165) is 47.6 Å². The van der Waals surface area contributed by atoms with Crippen LogP contribution in [0.4, 0.5) is 11.6 Å². The van der Waals surface area contributed by atoms with Crippen LogP contribution in [0.2, 0.25) is 0 Å². The minimum absolute atomic E-state index is 0.0702. The summed E-state index contributed by atoms with van der Waals surface area (Å²) in [4.78, 5) is 25.9. The Morgan fingerprint density at radius 3 is 2.69 bits per heavy atom. The van der Waals surface area contributed by atoms with Gasteiger partial charge in [0.15, 0.2) is 5.82 Å². The van der Waals surface area contributed by atoms with Gasteiger partial charge in [-0.1, -0.05) is 19.8 Å². The SMILES string of the molecule is CCc1nc2c(N)ncc(-c3cnn(-c4ccc(=O)n(C)c4)c3)c2nc1NC1CCCC1. The Hall–Kier alpha value is -3.75. The van der Waals surface area contributed by atoms with Gasteiger partial charge in [-0.25, -0.2) is 19.6 Å². The summed E-state index contributed by atoms with van der Waals surface area (Å²) < 4.78 is 3.25. The first-order valence-corrected chi connectivity index (χ1v) is 11.0. The lowest BCUT2D eigenvalue weighted by atomic mass is 10.1. The molecule has 5 rings (SSSR count). The number of rotatable bonds is 5. The second kappa shape index (κ2) is 8.07. The Labute approximate surface area is 185 Å². The lowest BCUT2D eigenvalue weighted by molar-refractivity contribution is 0.747. The first-order chi connectivity index (χ1) is 15.5. The summed E-state index contributed by atoms with van der Waals surface area (Å²) in [5.41, 5.74) is 10.8. The molecule has 1 saturated carbocycles. The van der Waals surface area contributed by atoms with Crippen molar-refractivity contribution < 1.29 is 0 Å². The van der Waals surface area contributed by atoms with Crippen LogP contribution in [0.5, 0.6) is 0 Å². The van der Waals surface area contributed by atoms with Gasteiger partial charge in [0.2, 0.25) is 5.56 Å². The summed E-state index contributed by atoms with van der Waals surface area (Å²) in [6.07, 6.45) is 12.7. The molecule has 0 unspecified atom stereocenters. The first-order valence-electron chi connectivity index (χ1n) is 11.0. The highest BCUT2D eigenvalue weighted by atomic mass is 16.1. The van der Waals surface area contributed by atoms with Gasteiger partial charge < -0.3 is 15.6 Å². The van der Waals surface area contributed by atoms with Crippen molar-refractivity contribution in [1.29, 1.82) is 0 Å². The van der Waals surface area contributed by atoms with Crippen molar-refractivity contribution >= 4 is 22.7 Å². The fraction of sp³-hybridized carbons (Fsp3) is 0.348. The molecular formula is C23H26N8O. The minimum Gasteiger partial charge on any atom is -0.382 e. The van der Waals surface area contributed by atoms with Crippen LogP contribution in [0.1, 0.15) is 38.3 Å². The van der Waals surface area contributed by atoms with Gasteiger partial charge in [-0.05, 0) is 25.3 Å². The highest BCUT2D eigenvalue weighted by molar-refractivity contribution is 5.96. The summed E-state index contributed by atoms with van der Waals surface area (Å²) >= 11 is 0. The Kier molecular flexibility index (Phi) is 5.08. The second-order valence-electron chi connectivity index (χ2n) is 8.26. The molecule has 0 aromatic carbocycles. The average molecular weight is 431 g/mol. The molecule has 4 heterocycles. The predicted molar refractivity (Wildman–Crippen MR) is 125 cm³/mol. The number of nitrogen functional groups attached to an aromatic ring is 1. The lowest BCUT2D eigenvalue weighted by Crippen LogP contribution is -2.18. The zero-order valence-corrected chi connectivity index (χ0v) is 18.2. The molecule has 0 amide bonds. The fourth-order valence-electron chi connectivity index (χ4n) is 4.25. The number of aromatic nitrogens is 6. The number of nitrogens with one attached hydrogen (secondary N) is 1. The topological polar surface area (TPSA) is 117 Å². The van der Waals surface area contributed by atoms with Crippen LogP contribution >= 0.6 is 0 Å². The van der Waals surface area contributed by atoms with E-state index in [0.29, 0.717) is 22.9 Å². The van der Waals surface area contributed by atoms with Crippen LogP contribution in [0.15, 0.2) is 41.7 Å². The minimum atomic E-state index is -0.0702. The molecule has 3 N–H and O–H groups in total. The third-order valence-corrected chi connectivity index (χ3v) is 6.06. The molecule has 0 bridgehead atoms. The quantitative estimate of drug-likeness (QED) is 0.500. The molecule has 9 heteroatoms. The molecule has 0 radical (unpaired) electrons. The molecule has 0 spiro atoms. The monoisotopic (exact) mass is 430 g/mol. The van der Waals surface area contributed by atoms with Crippen molar-refractivity contribution in [2.75, 3.05) is 11.1 Å². The number of anilines is 2. The Morgan fingerprint density at radius 2 is 1.94 bits per heavy atom. The smallest absolute Gasteiger partial charge is 0.250 e. The van der Waals surface area contributed by atoms with Gasteiger partial charge >= 0.3 is 0 Å². The van der Waals surface area contributed by atoms with Gasteiger partial charge in [-0.3, -0.25) is 4.79 Å². The van der Waals surface area contributed by atoms with Crippen molar-refractivity contribution in [3.8, 4) is 16.8 Å². The Bertz CT molecular complexity index is 1350. The largest absolute Gasteiger partial charge is 0.382 e. The van der Waals surface area contributed by atoms with E-state index in [4.69, 9.17) is 15.7 Å². The second-order valence-corrected chi connectivity index (χ2v) is 8.26. The number of nitrogens with zero attached hydrogens (tertiary/aromatic N) is 6. The molecule has 0 atom stereocenters. The summed E-state index contributed by atoms with van der Waals surface area (Å²) in [6, 6.07) is 3.70. The number of hydrogen-bond donors (Lipinski definition) is 2. The molecule has 0 aliphatic heterocycles. The number of pyridine rings is 2. The van der Waals surface area contributed by atoms with Crippen LogP contribution in [0, 0.1) is 0 Å². The summed E-state index contributed by atoms with van der Waals surface area (Å²) in [6.45, 7) is 2.07. The number of aryl methyl sites for hydroxylation is 2. The molecule has 1 fully saturated rings. The molecule has 164 valence electrons. The van der Waals surface area contributed by atoms with E-state index in [-0.39, 0.29) is 5.56 Å². The van der Waals surface area contributed by atoms with Crippen LogP contribution in [-0.2, 0) is 13.5 Å². The van der Waals surface area contributed by atoms with Crippen LogP contribution in [0.25, 0.3) is 27.8 Å². The molecule has 0 saturated heterocycles. The zero-order chi connectivity index (χ0) is 22.2. The number of hydrogen-bond acceptors (Lipinski definition) is 7. The summed E-state index contributed by atoms with van der Waals surface area (Å²) in [5, 5.41) is 8.09. The fourth-order valence-corrected chi connectivity index (χ4v) is 4.25. The van der Waals surface area contributed by atoms with Crippen molar-refractivity contribution in [3.05, 3.63) is 53.0 Å². The van der Waals surface area contributed by atoms with Crippen molar-refractivity contribution in [2.45, 2.75) is 45.1 Å². The van der Waals surface area contributed by atoms with Crippen LogP contribution < -0.4 is 16.6 Å². The van der Waals surface area contributed by atoms with E-state index in [9.17, 15) is 4.79 Å². The maximum absolute atomic E-state index is 11.7. The average Bonchev–Trinajstić information content (AvgIpc) is 3.48. The van der Waals surface area contributed by atoms with Crippen LogP contribution in [-0.4, -0.2) is 35.3 Å². The molecule has 1 aliphatic rings. The molecule has 1 aliphatic carbocycles. The van der Waals surface area contributed by atoms with E-state index in [1.165, 1.54) is 23.5 Å². The molecule has 4 aromatic heterocycles. The molecule has 4 aromatic rings. The van der Waals surface area contributed by atoms with Gasteiger partial charge in [-0.15, -0.1) is 0 Å². The molecular weight excluding hydrogens is 404 g/mol. The standard InChI is InChI=1S/C23H26N8O/c1-3-18-23(27-15-6-4-5-7-15)29-20-17(11-25-22(24)21(20)28-18)14-10-26-31(12-14)16-8-9-19(32)30(2)13-16/h8-13,15H,3-7H2,1-2H3,(H2,24,25)(H,27,29). The van der Waals surface area contributed by atoms with E-state index >= 15 is 0 Å². The number of fused-ring (bicyclic) bond motifs is 1. The highest BCUT2D eigenvalue weighted by Gasteiger charge is 2.20. The molecule has 9 nitrogen and oxygen atoms in total. The van der Waals surface area contributed by atoms with E-state index in [1.807, 2.05) is 6.20 Å². The van der Waals surface area contributed by atoms with E-state index < -0.39 is 0 Å². The van der Waals surface area contributed by atoms with Crippen LogP contribution in [0.3, 0.4) is 0 Å². The predicted octanol–water partition coefficient (Wildman–Crippen LogP) is 3.08. The Balaban J connectivity index is 1.60. The van der Waals surface area contributed by atoms with E-state index in [1.54, 1.807) is 36.4 Å². The zero-order valence-electron chi connectivity index (χ0n) is 18.2. The Morgan fingerprint density at radius 1 is 1.12 bits per heavy atom. The van der Waals surface area contributed by atoms with Gasteiger partial charge in [0, 0.05) is 48.9 Å². The third kappa shape index (κ3) is 3.59. The van der Waals surface area contributed by atoms with Gasteiger partial charge in [-0.2, -0.15) is 5.10 Å². The van der Waals surface area contributed by atoms with Crippen molar-refractivity contribution in [2.24, 2.45) is 7.05 Å². The van der Waals surface area contributed by atoms with Gasteiger partial charge in [0.1, 0.15) is 16.9 Å². The first kappa shape index (κ1) is 20.2. The normalized spacial score (nSPS) is 14.3. The van der Waals surface area contributed by atoms with Crippen molar-refractivity contribution in [1.82, 2.24) is 29.3 Å². The maximum Gasteiger partial charge on any atom is 0.250 e.